The van der Waals surface area contributed by atoms with Crippen molar-refractivity contribution in [1.29, 1.82) is 0 Å². The first-order valence-electron chi connectivity index (χ1n) is 8.40. The molecular weight excluding hydrogens is 402 g/mol. The summed E-state index contributed by atoms with van der Waals surface area (Å²) in [6, 6.07) is 0. The van der Waals surface area contributed by atoms with Crippen molar-refractivity contribution >= 4 is 36.6 Å². The summed E-state index contributed by atoms with van der Waals surface area (Å²) in [6.07, 6.45) is 2.37. The number of nitrogens with zero attached hydrogens (tertiary/aromatic N) is 1. The zero-order valence-electron chi connectivity index (χ0n) is 16.8. The Kier molecular flexibility index (Phi) is 9.39. The summed E-state index contributed by atoms with van der Waals surface area (Å²) in [4.78, 5) is 16.3. The van der Waals surface area contributed by atoms with Crippen LogP contribution in [0.3, 0.4) is 0 Å². The zero-order chi connectivity index (χ0) is 19.9. The molecule has 0 aromatic rings. The van der Waals surface area contributed by atoms with Crippen molar-refractivity contribution < 1.29 is 14.0 Å². The highest BCUT2D eigenvalue weighted by Crippen LogP contribution is 2.37. The summed E-state index contributed by atoms with van der Waals surface area (Å²) in [5.41, 5.74) is 4.87. The van der Waals surface area contributed by atoms with E-state index in [4.69, 9.17) is 14.9 Å². The van der Waals surface area contributed by atoms with Crippen molar-refractivity contribution in [1.82, 2.24) is 5.32 Å². The number of carbonyl (C=O) groups excluding carboxylic acids is 1. The third kappa shape index (κ3) is 10.7. The second-order valence-electron chi connectivity index (χ2n) is 8.43. The molecule has 0 aliphatic rings. The lowest BCUT2D eigenvalue weighted by atomic mass is 10.2. The summed E-state index contributed by atoms with van der Waals surface area (Å²) in [5.74, 6) is 0. The summed E-state index contributed by atoms with van der Waals surface area (Å²) in [6.45, 7) is 17.1. The molecule has 0 aromatic heterocycles. The van der Waals surface area contributed by atoms with Gasteiger partial charge in [-0.3, -0.25) is 4.99 Å². The van der Waals surface area contributed by atoms with E-state index >= 15 is 0 Å². The minimum absolute atomic E-state index is 0.0681. The third-order valence-corrected chi connectivity index (χ3v) is 8.83. The van der Waals surface area contributed by atoms with Gasteiger partial charge in [0.15, 0.2) is 8.32 Å². The van der Waals surface area contributed by atoms with Crippen LogP contribution in [0.1, 0.15) is 41.5 Å². The van der Waals surface area contributed by atoms with Crippen molar-refractivity contribution in [2.24, 2.45) is 10.7 Å². The number of carbonyl (C=O) groups is 1. The van der Waals surface area contributed by atoms with Crippen molar-refractivity contribution in [3.63, 3.8) is 0 Å². The van der Waals surface area contributed by atoms with E-state index in [1.54, 1.807) is 6.21 Å². The van der Waals surface area contributed by atoms with Crippen LogP contribution in [0.2, 0.25) is 18.1 Å². The number of ether oxygens (including phenoxy) is 1. The van der Waals surface area contributed by atoms with Gasteiger partial charge in [-0.05, 0) is 54.8 Å². The number of amides is 1. The number of hydrogen-bond donors (Lipinski definition) is 2. The van der Waals surface area contributed by atoms with Gasteiger partial charge < -0.3 is 20.2 Å². The Morgan fingerprint density at radius 1 is 1.28 bits per heavy atom. The van der Waals surface area contributed by atoms with E-state index in [0.717, 1.165) is 0 Å². The number of nitrogens with one attached hydrogen (secondary N) is 1. The first kappa shape index (κ1) is 24.1. The van der Waals surface area contributed by atoms with Gasteiger partial charge in [-0.25, -0.2) is 4.79 Å². The molecule has 0 aliphatic heterocycles. The number of halogens is 1. The molecule has 8 heteroatoms. The second kappa shape index (κ2) is 9.73. The first-order chi connectivity index (χ1) is 11.2. The van der Waals surface area contributed by atoms with Crippen LogP contribution in [0.5, 0.6) is 0 Å². The average molecular weight is 436 g/mol. The maximum atomic E-state index is 11.9. The van der Waals surface area contributed by atoms with E-state index in [2.05, 4.69) is 60.1 Å². The number of aliphatic imine (C=N–C) groups is 1. The summed E-state index contributed by atoms with van der Waals surface area (Å²) >= 11 is 3.28. The highest BCUT2D eigenvalue weighted by Gasteiger charge is 2.39. The lowest BCUT2D eigenvalue weighted by molar-refractivity contribution is 0.0499. The molecule has 0 unspecified atom stereocenters. The first-order valence-corrected chi connectivity index (χ1v) is 12.1. The van der Waals surface area contributed by atoms with E-state index in [0.29, 0.717) is 17.6 Å². The lowest BCUT2D eigenvalue weighted by Crippen LogP contribution is -2.48. The molecule has 0 fully saturated rings. The van der Waals surface area contributed by atoms with Crippen LogP contribution in [0.4, 0.5) is 4.79 Å². The van der Waals surface area contributed by atoms with E-state index in [9.17, 15) is 4.79 Å². The zero-order valence-corrected chi connectivity index (χ0v) is 19.4. The molecule has 0 saturated carbocycles. The number of alkyl carbamates (subject to hydrolysis) is 1. The predicted octanol–water partition coefficient (Wildman–Crippen LogP) is 4.17. The van der Waals surface area contributed by atoms with Crippen LogP contribution in [0.25, 0.3) is 0 Å². The van der Waals surface area contributed by atoms with E-state index in [-0.39, 0.29) is 11.1 Å². The minimum atomic E-state index is -1.99. The molecule has 0 spiro atoms. The Morgan fingerprint density at radius 3 is 2.28 bits per heavy atom. The van der Waals surface area contributed by atoms with Gasteiger partial charge >= 0.3 is 6.09 Å². The molecule has 0 aromatic carbocycles. The van der Waals surface area contributed by atoms with E-state index < -0.39 is 20.0 Å². The summed E-state index contributed by atoms with van der Waals surface area (Å²) in [5, 5.41) is 2.84. The summed E-state index contributed by atoms with van der Waals surface area (Å²) < 4.78 is 12.4. The largest absolute Gasteiger partial charge is 0.444 e. The van der Waals surface area contributed by atoms with Crippen LogP contribution < -0.4 is 11.1 Å². The third-order valence-electron chi connectivity index (χ3n) is 3.82. The molecule has 3 N–H and O–H groups in total. The molecule has 0 bridgehead atoms. The monoisotopic (exact) mass is 435 g/mol. The molecule has 146 valence electrons. The quantitative estimate of drug-likeness (QED) is 0.463. The Bertz CT molecular complexity index is 494. The van der Waals surface area contributed by atoms with E-state index in [1.165, 1.54) is 6.20 Å². The van der Waals surface area contributed by atoms with Gasteiger partial charge in [0, 0.05) is 19.0 Å². The van der Waals surface area contributed by atoms with Crippen LogP contribution in [-0.4, -0.2) is 45.4 Å². The second-order valence-corrected chi connectivity index (χ2v) is 14.1. The maximum absolute atomic E-state index is 11.9. The number of rotatable bonds is 7. The van der Waals surface area contributed by atoms with Crippen LogP contribution in [-0.2, 0) is 9.16 Å². The van der Waals surface area contributed by atoms with Crippen LogP contribution >= 0.6 is 15.9 Å². The lowest BCUT2D eigenvalue weighted by Gasteiger charge is -2.39. The molecule has 1 amide bonds. The molecule has 0 heterocycles. The average Bonchev–Trinajstić information content (AvgIpc) is 2.40. The van der Waals surface area contributed by atoms with Gasteiger partial charge in [-0.15, -0.1) is 0 Å². The van der Waals surface area contributed by atoms with Gasteiger partial charge in [-0.1, -0.05) is 20.8 Å². The van der Waals surface area contributed by atoms with Gasteiger partial charge in [0.2, 0.25) is 0 Å². The highest BCUT2D eigenvalue weighted by atomic mass is 79.9. The predicted molar refractivity (Wildman–Crippen MR) is 111 cm³/mol. The Labute approximate surface area is 161 Å². The Morgan fingerprint density at radius 2 is 1.84 bits per heavy atom. The number of allylic oxidation sites excluding steroid dienone is 1. The molecule has 6 nitrogen and oxygen atoms in total. The van der Waals surface area contributed by atoms with Crippen molar-refractivity contribution in [3.05, 3.63) is 10.7 Å². The van der Waals surface area contributed by atoms with Gasteiger partial charge in [0.1, 0.15) is 5.60 Å². The van der Waals surface area contributed by atoms with Crippen LogP contribution in [0, 0.1) is 0 Å². The molecule has 0 aliphatic carbocycles. The molecule has 0 saturated heterocycles. The highest BCUT2D eigenvalue weighted by molar-refractivity contribution is 9.12. The SMILES string of the molecule is CC(C)(C)OC(=O)NC[C@@H](CN=C/C(Br)=C\N)O[Si](C)(C)C(C)(C)C. The van der Waals surface area contributed by atoms with E-state index in [1.807, 2.05) is 20.8 Å². The number of nitrogens with two attached hydrogens (primary N) is 1. The Hall–Kier alpha value is -0.863. The molecule has 0 rings (SSSR count). The Balaban J connectivity index is 4.96. The van der Waals surface area contributed by atoms with Gasteiger partial charge in [-0.2, -0.15) is 0 Å². The standard InChI is InChI=1S/C17H34BrN3O3Si/c1-16(2,3)23-15(22)21-12-14(11-20-10-13(18)9-19)24-25(7,8)17(4,5)6/h9-10,14H,11-12,19H2,1-8H3,(H,21,22)/b13-9+,20-10?/t14-/m1/s1. The molecule has 25 heavy (non-hydrogen) atoms. The fourth-order valence-corrected chi connectivity index (χ4v) is 3.04. The fraction of sp³-hybridized carbons (Fsp3) is 0.765. The molecule has 0 radical (unpaired) electrons. The van der Waals surface area contributed by atoms with Crippen LogP contribution in [0.15, 0.2) is 15.7 Å². The number of hydrogen-bond acceptors (Lipinski definition) is 5. The normalized spacial score (nSPS) is 15.3. The van der Waals surface area contributed by atoms with Gasteiger partial charge in [0.05, 0.1) is 17.1 Å². The topological polar surface area (TPSA) is 85.9 Å². The van der Waals surface area contributed by atoms with Crippen molar-refractivity contribution in [2.75, 3.05) is 13.1 Å². The van der Waals surface area contributed by atoms with Gasteiger partial charge in [0.25, 0.3) is 0 Å². The minimum Gasteiger partial charge on any atom is -0.444 e. The maximum Gasteiger partial charge on any atom is 0.407 e. The fourth-order valence-electron chi connectivity index (χ4n) is 1.55. The molecular formula is C17H34BrN3O3Si. The van der Waals surface area contributed by atoms with Crippen molar-refractivity contribution in [2.45, 2.75) is 71.4 Å². The molecule has 1 atom stereocenters. The summed E-state index contributed by atoms with van der Waals surface area (Å²) in [7, 11) is -1.99. The van der Waals surface area contributed by atoms with Crippen molar-refractivity contribution in [3.8, 4) is 0 Å². The smallest absolute Gasteiger partial charge is 0.407 e.